The van der Waals surface area contributed by atoms with Crippen LogP contribution in [0.4, 0.5) is 13.2 Å². The molecule has 2 aliphatic rings. The van der Waals surface area contributed by atoms with Gasteiger partial charge in [0.1, 0.15) is 11.6 Å². The number of fused-ring (bicyclic) bond motifs is 1. The Balaban J connectivity index is 1.78. The molecular formula is C25H23F3N2O. The number of benzene rings is 2. The molecule has 1 aliphatic carbocycles. The molecule has 160 valence electrons. The molecule has 0 aromatic heterocycles. The van der Waals surface area contributed by atoms with Crippen molar-refractivity contribution in [2.75, 3.05) is 0 Å². The number of amides is 1. The molecule has 1 unspecified atom stereocenters. The summed E-state index contributed by atoms with van der Waals surface area (Å²) in [7, 11) is 0. The Hall–Kier alpha value is -3.07. The van der Waals surface area contributed by atoms with Crippen LogP contribution in [0.2, 0.25) is 0 Å². The summed E-state index contributed by atoms with van der Waals surface area (Å²) in [6, 6.07) is 14.1. The number of halogens is 3. The van der Waals surface area contributed by atoms with Crippen molar-refractivity contribution >= 4 is 5.91 Å². The molecule has 2 aromatic rings. The second-order valence-corrected chi connectivity index (χ2v) is 8.34. The van der Waals surface area contributed by atoms with E-state index in [0.717, 1.165) is 42.4 Å². The summed E-state index contributed by atoms with van der Waals surface area (Å²) < 4.78 is 41.2. The zero-order valence-electron chi connectivity index (χ0n) is 17.3. The van der Waals surface area contributed by atoms with Crippen LogP contribution in [0.5, 0.6) is 0 Å². The number of nitriles is 1. The van der Waals surface area contributed by atoms with Gasteiger partial charge in [0.25, 0.3) is 5.91 Å². The van der Waals surface area contributed by atoms with Crippen LogP contribution in [0.1, 0.15) is 53.1 Å². The molecule has 1 heterocycles. The van der Waals surface area contributed by atoms with Crippen molar-refractivity contribution in [1.82, 2.24) is 4.90 Å². The summed E-state index contributed by atoms with van der Waals surface area (Å²) >= 11 is 0. The van der Waals surface area contributed by atoms with Gasteiger partial charge in [0.05, 0.1) is 11.6 Å². The Morgan fingerprint density at radius 1 is 1.06 bits per heavy atom. The maximum Gasteiger partial charge on any atom is 0.414 e. The summed E-state index contributed by atoms with van der Waals surface area (Å²) in [5.74, 6) is -0.857. The van der Waals surface area contributed by atoms with E-state index in [1.807, 2.05) is 49.4 Å². The van der Waals surface area contributed by atoms with Crippen LogP contribution in [0.3, 0.4) is 0 Å². The first-order chi connectivity index (χ1) is 14.8. The number of carbonyl (C=O) groups excluding carboxylic acids is 1. The molecule has 3 nitrogen and oxygen atoms in total. The Morgan fingerprint density at radius 3 is 2.39 bits per heavy atom. The number of hydrogen-bond donors (Lipinski definition) is 0. The van der Waals surface area contributed by atoms with E-state index >= 15 is 0 Å². The van der Waals surface area contributed by atoms with Crippen LogP contribution >= 0.6 is 0 Å². The number of alkyl halides is 3. The molecule has 1 aliphatic heterocycles. The van der Waals surface area contributed by atoms with Crippen molar-refractivity contribution in [2.45, 2.75) is 57.8 Å². The summed E-state index contributed by atoms with van der Waals surface area (Å²) in [6.45, 7) is 2.09. The van der Waals surface area contributed by atoms with Gasteiger partial charge in [-0.05, 0) is 54.9 Å². The Morgan fingerprint density at radius 2 is 1.74 bits per heavy atom. The van der Waals surface area contributed by atoms with E-state index in [2.05, 4.69) is 0 Å². The minimum atomic E-state index is -4.72. The fourth-order valence-electron chi connectivity index (χ4n) is 4.52. The van der Waals surface area contributed by atoms with Gasteiger partial charge in [-0.2, -0.15) is 18.4 Å². The third kappa shape index (κ3) is 4.23. The van der Waals surface area contributed by atoms with Crippen molar-refractivity contribution in [3.63, 3.8) is 0 Å². The lowest BCUT2D eigenvalue weighted by atomic mass is 9.85. The number of nitrogens with zero attached hydrogens (tertiary/aromatic N) is 2. The Labute approximate surface area is 179 Å². The second kappa shape index (κ2) is 8.22. The largest absolute Gasteiger partial charge is 0.414 e. The average Bonchev–Trinajstić information content (AvgIpc) is 2.75. The van der Waals surface area contributed by atoms with Crippen molar-refractivity contribution in [1.29, 1.82) is 5.26 Å². The summed E-state index contributed by atoms with van der Waals surface area (Å²) in [5, 5.41) is 9.37. The molecule has 2 aromatic carbocycles. The van der Waals surface area contributed by atoms with Crippen molar-refractivity contribution < 1.29 is 18.0 Å². The van der Waals surface area contributed by atoms with Gasteiger partial charge in [-0.25, -0.2) is 0 Å². The van der Waals surface area contributed by atoms with E-state index in [4.69, 9.17) is 0 Å². The number of rotatable bonds is 3. The van der Waals surface area contributed by atoms with Crippen LogP contribution < -0.4 is 0 Å². The lowest BCUT2D eigenvalue weighted by Gasteiger charge is -2.37. The van der Waals surface area contributed by atoms with Gasteiger partial charge in [0.2, 0.25) is 0 Å². The van der Waals surface area contributed by atoms with Gasteiger partial charge in [-0.3, -0.25) is 4.79 Å². The highest BCUT2D eigenvalue weighted by Gasteiger charge is 2.46. The fraction of sp³-hybridized carbons (Fsp3) is 0.360. The smallest absolute Gasteiger partial charge is 0.326 e. The summed E-state index contributed by atoms with van der Waals surface area (Å²) in [5.41, 5.74) is 3.12. The van der Waals surface area contributed by atoms with E-state index in [0.29, 0.717) is 5.56 Å². The molecule has 0 saturated heterocycles. The van der Waals surface area contributed by atoms with Gasteiger partial charge < -0.3 is 4.90 Å². The molecule has 0 radical (unpaired) electrons. The molecular weight excluding hydrogens is 401 g/mol. The van der Waals surface area contributed by atoms with Gasteiger partial charge in [-0.15, -0.1) is 0 Å². The molecule has 6 heteroatoms. The molecule has 4 rings (SSSR count). The van der Waals surface area contributed by atoms with E-state index in [-0.39, 0.29) is 6.54 Å². The minimum absolute atomic E-state index is 0.150. The first kappa shape index (κ1) is 21.2. The van der Waals surface area contributed by atoms with Gasteiger partial charge >= 0.3 is 6.18 Å². The number of aryl methyl sites for hydroxylation is 3. The summed E-state index contributed by atoms with van der Waals surface area (Å²) in [4.78, 5) is 14.5. The predicted molar refractivity (Wildman–Crippen MR) is 111 cm³/mol. The quantitative estimate of drug-likeness (QED) is 0.632. The third-order valence-corrected chi connectivity index (χ3v) is 6.24. The van der Waals surface area contributed by atoms with Crippen molar-refractivity contribution in [3.05, 3.63) is 81.4 Å². The highest BCUT2D eigenvalue weighted by atomic mass is 19.4. The first-order valence-corrected chi connectivity index (χ1v) is 10.5. The number of hydrogen-bond acceptors (Lipinski definition) is 2. The monoisotopic (exact) mass is 424 g/mol. The zero-order valence-corrected chi connectivity index (χ0v) is 17.3. The average molecular weight is 424 g/mol. The molecule has 0 N–H and O–H groups in total. The van der Waals surface area contributed by atoms with Crippen LogP contribution in [-0.4, -0.2) is 17.0 Å². The lowest BCUT2D eigenvalue weighted by molar-refractivity contribution is -0.135. The standard InChI is InChI=1S/C25H23F3N2O/c1-16-6-8-17(9-7-16)15-30-23(13-22(25(26,27)28)21(14-29)24(30)31)20-11-10-18-4-2-3-5-19(18)12-20/h6-12,23H,2-5,13,15H2,1H3. The summed E-state index contributed by atoms with van der Waals surface area (Å²) in [6.07, 6.45) is -1.10. The van der Waals surface area contributed by atoms with Crippen molar-refractivity contribution in [2.24, 2.45) is 0 Å². The molecule has 0 bridgehead atoms. The van der Waals surface area contributed by atoms with E-state index in [1.165, 1.54) is 16.5 Å². The van der Waals surface area contributed by atoms with Gasteiger partial charge in [0.15, 0.2) is 0 Å². The van der Waals surface area contributed by atoms with Crippen LogP contribution in [0, 0.1) is 18.3 Å². The molecule has 0 spiro atoms. The van der Waals surface area contributed by atoms with E-state index < -0.39 is 35.7 Å². The number of carbonyl (C=O) groups is 1. The highest BCUT2D eigenvalue weighted by Crippen LogP contribution is 2.43. The topological polar surface area (TPSA) is 44.1 Å². The molecule has 0 saturated carbocycles. The van der Waals surface area contributed by atoms with Crippen molar-refractivity contribution in [3.8, 4) is 6.07 Å². The van der Waals surface area contributed by atoms with Crippen LogP contribution in [-0.2, 0) is 24.2 Å². The maximum atomic E-state index is 13.7. The Bertz CT molecular complexity index is 1080. The maximum absolute atomic E-state index is 13.7. The fourth-order valence-corrected chi connectivity index (χ4v) is 4.52. The lowest BCUT2D eigenvalue weighted by Crippen LogP contribution is -2.41. The minimum Gasteiger partial charge on any atom is -0.326 e. The molecule has 1 amide bonds. The normalized spacial score (nSPS) is 19.3. The zero-order chi connectivity index (χ0) is 22.2. The molecule has 31 heavy (non-hydrogen) atoms. The van der Waals surface area contributed by atoms with Gasteiger partial charge in [-0.1, -0.05) is 48.0 Å². The predicted octanol–water partition coefficient (Wildman–Crippen LogP) is 5.73. The van der Waals surface area contributed by atoms with Gasteiger partial charge in [0, 0.05) is 13.0 Å². The van der Waals surface area contributed by atoms with Crippen LogP contribution in [0.25, 0.3) is 0 Å². The second-order valence-electron chi connectivity index (χ2n) is 8.34. The molecule has 1 atom stereocenters. The van der Waals surface area contributed by atoms with E-state index in [9.17, 15) is 23.2 Å². The Kier molecular flexibility index (Phi) is 5.62. The van der Waals surface area contributed by atoms with Crippen LogP contribution in [0.15, 0.2) is 53.6 Å². The van der Waals surface area contributed by atoms with E-state index in [1.54, 1.807) is 0 Å². The SMILES string of the molecule is Cc1ccc(CN2C(=O)C(C#N)=C(C(F)(F)F)CC2c2ccc3c(c2)CCCC3)cc1. The first-order valence-electron chi connectivity index (χ1n) is 10.5. The molecule has 0 fully saturated rings. The highest BCUT2D eigenvalue weighted by molar-refractivity contribution is 5.99. The third-order valence-electron chi connectivity index (χ3n) is 6.24.